The van der Waals surface area contributed by atoms with Crippen LogP contribution in [0, 0.1) is 5.92 Å². The van der Waals surface area contributed by atoms with Crippen LogP contribution >= 0.6 is 0 Å². The lowest BCUT2D eigenvalue weighted by Crippen LogP contribution is -2.35. The molecular formula is C31H39N3O7S. The van der Waals surface area contributed by atoms with Gasteiger partial charge in [-0.15, -0.1) is 0 Å². The molecule has 3 aromatic rings. The molecule has 0 aliphatic rings. The lowest BCUT2D eigenvalue weighted by molar-refractivity contribution is 0.0971. The van der Waals surface area contributed by atoms with Gasteiger partial charge in [-0.1, -0.05) is 62.4 Å². The molecule has 0 heterocycles. The first-order chi connectivity index (χ1) is 19.9. The van der Waals surface area contributed by atoms with E-state index in [0.29, 0.717) is 24.1 Å². The van der Waals surface area contributed by atoms with Crippen molar-refractivity contribution in [3.63, 3.8) is 0 Å². The molecule has 3 rings (SSSR count). The highest BCUT2D eigenvalue weighted by Crippen LogP contribution is 2.26. The van der Waals surface area contributed by atoms with Crippen molar-refractivity contribution in [3.8, 4) is 11.1 Å². The molecule has 10 nitrogen and oxygen atoms in total. The molecule has 0 aromatic heterocycles. The fourth-order valence-corrected chi connectivity index (χ4v) is 5.53. The van der Waals surface area contributed by atoms with E-state index in [2.05, 4.69) is 4.72 Å². The van der Waals surface area contributed by atoms with Crippen LogP contribution in [0.15, 0.2) is 66.7 Å². The van der Waals surface area contributed by atoms with Gasteiger partial charge in [-0.3, -0.25) is 4.79 Å². The zero-order valence-corrected chi connectivity index (χ0v) is 24.7. The molecule has 1 atom stereocenters. The first-order valence-corrected chi connectivity index (χ1v) is 15.4. The van der Waals surface area contributed by atoms with Gasteiger partial charge in [0, 0.05) is 24.4 Å². The number of rotatable bonds is 14. The van der Waals surface area contributed by atoms with Crippen LogP contribution in [0.3, 0.4) is 0 Å². The van der Waals surface area contributed by atoms with E-state index >= 15 is 0 Å². The molecule has 2 amide bonds. The molecule has 11 heteroatoms. The largest absolute Gasteiger partial charge is 0.465 e. The first-order valence-electron chi connectivity index (χ1n) is 13.8. The summed E-state index contributed by atoms with van der Waals surface area (Å²) in [6.07, 6.45) is -1.04. The van der Waals surface area contributed by atoms with Crippen LogP contribution in [0.4, 0.5) is 10.5 Å². The van der Waals surface area contributed by atoms with E-state index in [-0.39, 0.29) is 43.4 Å². The Kier molecular flexibility index (Phi) is 11.5. The van der Waals surface area contributed by atoms with Crippen molar-refractivity contribution in [3.05, 3.63) is 89.0 Å². The SMILES string of the molecule is CC(C)Cc1cc(-c2ccc(CCN(C[C@H](O)c3ccc(N)cc3)C(=O)O)cc2)ccc1C(=O)NS(=O)(=O)CCCO. The maximum atomic E-state index is 12.8. The minimum Gasteiger partial charge on any atom is -0.465 e. The van der Waals surface area contributed by atoms with Gasteiger partial charge in [0.25, 0.3) is 5.91 Å². The molecule has 0 saturated heterocycles. The molecule has 0 radical (unpaired) electrons. The molecular weight excluding hydrogens is 558 g/mol. The topological polar surface area (TPSA) is 170 Å². The van der Waals surface area contributed by atoms with Gasteiger partial charge in [-0.2, -0.15) is 0 Å². The van der Waals surface area contributed by atoms with Crippen LogP contribution in [0.25, 0.3) is 11.1 Å². The summed E-state index contributed by atoms with van der Waals surface area (Å²) >= 11 is 0. The summed E-state index contributed by atoms with van der Waals surface area (Å²) < 4.78 is 26.5. The highest BCUT2D eigenvalue weighted by Gasteiger charge is 2.20. The number of carboxylic acid groups (broad SMARTS) is 1. The number of sulfonamides is 1. The quantitative estimate of drug-likeness (QED) is 0.175. The number of nitrogens with one attached hydrogen (secondary N) is 1. The first kappa shape index (κ1) is 32.6. The second-order valence-electron chi connectivity index (χ2n) is 10.7. The number of hydrogen-bond donors (Lipinski definition) is 5. The second-order valence-corrected chi connectivity index (χ2v) is 12.5. The van der Waals surface area contributed by atoms with Crippen LogP contribution in [-0.2, 0) is 22.9 Å². The lowest BCUT2D eigenvalue weighted by atomic mass is 9.93. The highest BCUT2D eigenvalue weighted by molar-refractivity contribution is 7.90. The van der Waals surface area contributed by atoms with Gasteiger partial charge in [0.1, 0.15) is 0 Å². The monoisotopic (exact) mass is 597 g/mol. The Bertz CT molecular complexity index is 1460. The third kappa shape index (κ3) is 9.57. The van der Waals surface area contributed by atoms with Crippen LogP contribution in [-0.4, -0.2) is 66.1 Å². The predicted octanol–water partition coefficient (Wildman–Crippen LogP) is 3.83. The Hall–Kier alpha value is -3.93. The summed E-state index contributed by atoms with van der Waals surface area (Å²) in [6, 6.07) is 19.6. The number of aliphatic hydroxyl groups is 2. The number of nitrogens with two attached hydrogens (primary N) is 1. The number of nitrogens with zero attached hydrogens (tertiary/aromatic N) is 1. The minimum atomic E-state index is -3.86. The van der Waals surface area contributed by atoms with E-state index < -0.39 is 28.1 Å². The number of amides is 2. The average Bonchev–Trinajstić information content (AvgIpc) is 2.94. The zero-order valence-electron chi connectivity index (χ0n) is 23.9. The van der Waals surface area contributed by atoms with Crippen LogP contribution in [0.1, 0.15) is 53.4 Å². The molecule has 0 unspecified atom stereocenters. The van der Waals surface area contributed by atoms with Crippen molar-refractivity contribution in [2.45, 2.75) is 39.2 Å². The maximum absolute atomic E-state index is 12.8. The molecule has 0 aliphatic heterocycles. The number of carbonyl (C=O) groups is 2. The molecule has 42 heavy (non-hydrogen) atoms. The van der Waals surface area contributed by atoms with E-state index in [4.69, 9.17) is 10.8 Å². The molecule has 0 spiro atoms. The number of hydrogen-bond acceptors (Lipinski definition) is 7. The van der Waals surface area contributed by atoms with E-state index in [1.807, 2.05) is 44.2 Å². The number of carbonyl (C=O) groups excluding carboxylic acids is 1. The van der Waals surface area contributed by atoms with Gasteiger partial charge in [0.05, 0.1) is 18.4 Å². The fraction of sp³-hybridized carbons (Fsp3) is 0.355. The van der Waals surface area contributed by atoms with E-state index in [9.17, 15) is 28.2 Å². The molecule has 0 fully saturated rings. The number of anilines is 1. The molecule has 0 bridgehead atoms. The van der Waals surface area contributed by atoms with Gasteiger partial charge in [0.15, 0.2) is 0 Å². The minimum absolute atomic E-state index is 0.0380. The standard InChI is InChI=1S/C31H39N3O7S/c1-21(2)18-26-19-25(10-13-28(26)30(37)33-42(40,41)17-3-16-35)23-6-4-22(5-7-23)14-15-34(31(38)39)20-29(36)24-8-11-27(32)12-9-24/h4-13,19,21,29,35-36H,3,14-18,20,32H2,1-2H3,(H,33,37)(H,38,39)/t29-/m0/s1. The fourth-order valence-electron chi connectivity index (χ4n) is 4.53. The Morgan fingerprint density at radius 3 is 2.21 bits per heavy atom. The Balaban J connectivity index is 1.71. The van der Waals surface area contributed by atoms with E-state index in [0.717, 1.165) is 22.3 Å². The average molecular weight is 598 g/mol. The predicted molar refractivity (Wildman–Crippen MR) is 162 cm³/mol. The summed E-state index contributed by atoms with van der Waals surface area (Å²) in [4.78, 5) is 25.8. The summed E-state index contributed by atoms with van der Waals surface area (Å²) in [5, 5.41) is 29.1. The van der Waals surface area contributed by atoms with Gasteiger partial charge in [-0.25, -0.2) is 17.9 Å². The summed E-state index contributed by atoms with van der Waals surface area (Å²) in [5.41, 5.74) is 10.5. The Morgan fingerprint density at radius 2 is 1.62 bits per heavy atom. The number of benzene rings is 3. The summed E-state index contributed by atoms with van der Waals surface area (Å²) in [6.45, 7) is 3.86. The van der Waals surface area contributed by atoms with E-state index in [1.54, 1.807) is 36.4 Å². The smallest absolute Gasteiger partial charge is 0.407 e. The summed E-state index contributed by atoms with van der Waals surface area (Å²) in [7, 11) is -3.86. The van der Waals surface area contributed by atoms with Gasteiger partial charge < -0.3 is 26.0 Å². The van der Waals surface area contributed by atoms with Crippen LogP contribution in [0.5, 0.6) is 0 Å². The molecule has 6 N–H and O–H groups in total. The highest BCUT2D eigenvalue weighted by atomic mass is 32.2. The van der Waals surface area contributed by atoms with Crippen molar-refractivity contribution < 1.29 is 33.3 Å². The van der Waals surface area contributed by atoms with Gasteiger partial charge >= 0.3 is 6.09 Å². The van der Waals surface area contributed by atoms with Gasteiger partial charge in [-0.05, 0) is 71.2 Å². The van der Waals surface area contributed by atoms with Crippen molar-refractivity contribution in [1.82, 2.24) is 9.62 Å². The lowest BCUT2D eigenvalue weighted by Gasteiger charge is -2.23. The molecule has 226 valence electrons. The Morgan fingerprint density at radius 1 is 0.976 bits per heavy atom. The van der Waals surface area contributed by atoms with Crippen molar-refractivity contribution in [1.29, 1.82) is 0 Å². The normalized spacial score (nSPS) is 12.2. The molecule has 3 aromatic carbocycles. The Labute approximate surface area is 246 Å². The summed E-state index contributed by atoms with van der Waals surface area (Å²) in [5.74, 6) is -0.821. The molecule has 0 aliphatic carbocycles. The second kappa shape index (κ2) is 14.8. The maximum Gasteiger partial charge on any atom is 0.407 e. The zero-order chi connectivity index (χ0) is 30.9. The van der Waals surface area contributed by atoms with E-state index in [1.165, 1.54) is 4.90 Å². The molecule has 0 saturated carbocycles. The number of aliphatic hydroxyl groups excluding tert-OH is 2. The van der Waals surface area contributed by atoms with Crippen LogP contribution in [0.2, 0.25) is 0 Å². The van der Waals surface area contributed by atoms with Gasteiger partial charge in [0.2, 0.25) is 10.0 Å². The van der Waals surface area contributed by atoms with Crippen LogP contribution < -0.4 is 10.5 Å². The van der Waals surface area contributed by atoms with Crippen molar-refractivity contribution in [2.75, 3.05) is 31.2 Å². The third-order valence-electron chi connectivity index (χ3n) is 6.74. The van der Waals surface area contributed by atoms with Crippen molar-refractivity contribution in [2.24, 2.45) is 5.92 Å². The van der Waals surface area contributed by atoms with Crippen molar-refractivity contribution >= 4 is 27.7 Å². The number of nitrogen functional groups attached to an aromatic ring is 1. The third-order valence-corrected chi connectivity index (χ3v) is 8.06.